The minimum Gasteiger partial charge on any atom is -0.377 e. The number of rotatable bonds is 0. The van der Waals surface area contributed by atoms with Crippen molar-refractivity contribution in [2.24, 2.45) is 0 Å². The lowest BCUT2D eigenvalue weighted by Crippen LogP contribution is -2.14. The molecule has 164 valence electrons. The van der Waals surface area contributed by atoms with E-state index in [4.69, 9.17) is 28.4 Å². The van der Waals surface area contributed by atoms with Gasteiger partial charge in [-0.1, -0.05) is 48.5 Å². The smallest absolute Gasteiger partial charge is 0.0724 e. The maximum absolute atomic E-state index is 5.85. The van der Waals surface area contributed by atoms with Gasteiger partial charge in [0.2, 0.25) is 0 Å². The molecule has 2 aromatic carbocycles. The third kappa shape index (κ3) is 8.14. The van der Waals surface area contributed by atoms with Gasteiger partial charge < -0.3 is 28.4 Å². The van der Waals surface area contributed by atoms with Gasteiger partial charge in [0.05, 0.1) is 79.3 Å². The summed E-state index contributed by atoms with van der Waals surface area (Å²) in [6.45, 7) is 6.57. The summed E-state index contributed by atoms with van der Waals surface area (Å²) >= 11 is 0. The normalized spacial score (nSPS) is 18.9. The quantitative estimate of drug-likeness (QED) is 0.656. The highest BCUT2D eigenvalue weighted by Gasteiger charge is 2.09. The van der Waals surface area contributed by atoms with Gasteiger partial charge in [0, 0.05) is 0 Å². The van der Waals surface area contributed by atoms with E-state index in [1.54, 1.807) is 0 Å². The molecule has 0 aliphatic carbocycles. The van der Waals surface area contributed by atoms with Crippen LogP contribution in [0.3, 0.4) is 0 Å². The summed E-state index contributed by atoms with van der Waals surface area (Å²) in [6, 6.07) is 16.7. The molecule has 6 heteroatoms. The molecule has 0 bridgehead atoms. The van der Waals surface area contributed by atoms with Gasteiger partial charge >= 0.3 is 0 Å². The van der Waals surface area contributed by atoms with Gasteiger partial charge in [0.15, 0.2) is 0 Å². The highest BCUT2D eigenvalue weighted by atomic mass is 16.6. The van der Waals surface area contributed by atoms with Crippen molar-refractivity contribution in [3.63, 3.8) is 0 Å². The van der Waals surface area contributed by atoms with Crippen molar-refractivity contribution < 1.29 is 28.4 Å². The fourth-order valence-corrected chi connectivity index (χ4v) is 3.18. The van der Waals surface area contributed by atoms with E-state index in [0.717, 1.165) is 11.1 Å². The van der Waals surface area contributed by atoms with Gasteiger partial charge in [-0.3, -0.25) is 0 Å². The first kappa shape index (κ1) is 22.9. The maximum atomic E-state index is 5.85. The van der Waals surface area contributed by atoms with Crippen molar-refractivity contribution in [1.29, 1.82) is 0 Å². The third-order valence-corrected chi connectivity index (χ3v) is 4.70. The highest BCUT2D eigenvalue weighted by Crippen LogP contribution is 2.28. The van der Waals surface area contributed by atoms with E-state index in [1.165, 1.54) is 11.1 Å². The van der Waals surface area contributed by atoms with E-state index in [2.05, 4.69) is 36.4 Å². The summed E-state index contributed by atoms with van der Waals surface area (Å²) in [7, 11) is 0. The number of benzene rings is 2. The molecule has 0 saturated heterocycles. The van der Waals surface area contributed by atoms with Crippen LogP contribution in [0.1, 0.15) is 11.1 Å². The second-order valence-electron chi connectivity index (χ2n) is 6.87. The minimum absolute atomic E-state index is 0.538. The first-order valence-corrected chi connectivity index (χ1v) is 10.6. The molecule has 0 aromatic heterocycles. The standard InChI is InChI=1S/C24H32O6/c1-3-7-23-21(5-1)19-29-17-15-27-13-11-25-9-10-26-12-14-28-16-18-30-20-22-6-2-4-8-24(22)23/h1-8H,9-20H2. The average molecular weight is 417 g/mol. The van der Waals surface area contributed by atoms with E-state index < -0.39 is 0 Å². The van der Waals surface area contributed by atoms with E-state index >= 15 is 0 Å². The molecule has 0 saturated carbocycles. The molecule has 3 rings (SSSR count). The summed E-state index contributed by atoms with van der Waals surface area (Å²) in [5.41, 5.74) is 4.64. The summed E-state index contributed by atoms with van der Waals surface area (Å²) in [5.74, 6) is 0. The molecule has 0 amide bonds. The van der Waals surface area contributed by atoms with Gasteiger partial charge in [-0.15, -0.1) is 0 Å². The molecule has 1 aliphatic rings. The van der Waals surface area contributed by atoms with Crippen molar-refractivity contribution in [3.8, 4) is 11.1 Å². The number of hydrogen-bond acceptors (Lipinski definition) is 6. The molecular weight excluding hydrogens is 384 g/mol. The summed E-state index contributed by atoms with van der Waals surface area (Å²) < 4.78 is 33.8. The van der Waals surface area contributed by atoms with E-state index in [9.17, 15) is 0 Å². The van der Waals surface area contributed by atoms with Gasteiger partial charge in [0.25, 0.3) is 0 Å². The van der Waals surface area contributed by atoms with Crippen molar-refractivity contribution in [2.75, 3.05) is 66.1 Å². The number of fused-ring (bicyclic) bond motifs is 3. The Balaban J connectivity index is 1.62. The third-order valence-electron chi connectivity index (χ3n) is 4.70. The Bertz CT molecular complexity index is 659. The molecule has 30 heavy (non-hydrogen) atoms. The summed E-state index contributed by atoms with van der Waals surface area (Å²) in [5, 5.41) is 0. The first-order chi connectivity index (χ1) is 14.9. The zero-order valence-electron chi connectivity index (χ0n) is 17.6. The summed E-state index contributed by atoms with van der Waals surface area (Å²) in [4.78, 5) is 0. The van der Waals surface area contributed by atoms with Crippen molar-refractivity contribution in [1.82, 2.24) is 0 Å². The molecule has 1 aliphatic heterocycles. The van der Waals surface area contributed by atoms with Crippen LogP contribution in [0.2, 0.25) is 0 Å². The molecule has 0 atom stereocenters. The fourth-order valence-electron chi connectivity index (χ4n) is 3.18. The highest BCUT2D eigenvalue weighted by molar-refractivity contribution is 5.70. The van der Waals surface area contributed by atoms with Crippen molar-refractivity contribution >= 4 is 0 Å². The zero-order valence-corrected chi connectivity index (χ0v) is 17.6. The first-order valence-electron chi connectivity index (χ1n) is 10.6. The predicted molar refractivity (Wildman–Crippen MR) is 114 cm³/mol. The van der Waals surface area contributed by atoms with Gasteiger partial charge in [-0.25, -0.2) is 0 Å². The Morgan fingerprint density at radius 1 is 0.367 bits per heavy atom. The average Bonchev–Trinajstić information content (AvgIpc) is 2.78. The molecule has 0 spiro atoms. The molecule has 6 nitrogen and oxygen atoms in total. The monoisotopic (exact) mass is 416 g/mol. The van der Waals surface area contributed by atoms with Crippen LogP contribution < -0.4 is 0 Å². The van der Waals surface area contributed by atoms with Crippen LogP contribution in [0.5, 0.6) is 0 Å². The Kier molecular flexibility index (Phi) is 10.9. The van der Waals surface area contributed by atoms with Gasteiger partial charge in [-0.2, -0.15) is 0 Å². The molecule has 0 N–H and O–H groups in total. The van der Waals surface area contributed by atoms with E-state index in [-0.39, 0.29) is 0 Å². The maximum Gasteiger partial charge on any atom is 0.0724 e. The molecule has 2 aromatic rings. The van der Waals surface area contributed by atoms with Crippen LogP contribution in [-0.4, -0.2) is 66.1 Å². The van der Waals surface area contributed by atoms with Crippen LogP contribution in [0.4, 0.5) is 0 Å². The van der Waals surface area contributed by atoms with Crippen LogP contribution in [0, 0.1) is 0 Å². The molecule has 0 unspecified atom stereocenters. The molecule has 1 heterocycles. The Morgan fingerprint density at radius 2 is 0.667 bits per heavy atom. The lowest BCUT2D eigenvalue weighted by molar-refractivity contribution is -0.0186. The number of ether oxygens (including phenoxy) is 6. The largest absolute Gasteiger partial charge is 0.377 e. The van der Waals surface area contributed by atoms with Crippen molar-refractivity contribution in [3.05, 3.63) is 59.7 Å². The van der Waals surface area contributed by atoms with Crippen molar-refractivity contribution in [2.45, 2.75) is 13.2 Å². The second kappa shape index (κ2) is 14.2. The minimum atomic E-state index is 0.538. The molecule has 0 fully saturated rings. The van der Waals surface area contributed by atoms with Gasteiger partial charge in [0.1, 0.15) is 0 Å². The Morgan fingerprint density at radius 3 is 1.03 bits per heavy atom. The molecule has 0 radical (unpaired) electrons. The lowest BCUT2D eigenvalue weighted by atomic mass is 9.96. The topological polar surface area (TPSA) is 55.4 Å². The van der Waals surface area contributed by atoms with Crippen LogP contribution in [0.15, 0.2) is 48.5 Å². The van der Waals surface area contributed by atoms with E-state index in [0.29, 0.717) is 79.3 Å². The van der Waals surface area contributed by atoms with Crippen LogP contribution in [-0.2, 0) is 41.6 Å². The molecular formula is C24H32O6. The number of hydrogen-bond donors (Lipinski definition) is 0. The Hall–Kier alpha value is -1.80. The summed E-state index contributed by atoms with van der Waals surface area (Å²) in [6.07, 6.45) is 0. The van der Waals surface area contributed by atoms with Crippen LogP contribution >= 0.6 is 0 Å². The predicted octanol–water partition coefficient (Wildman–Crippen LogP) is 3.47. The zero-order chi connectivity index (χ0) is 20.7. The second-order valence-corrected chi connectivity index (χ2v) is 6.87. The van der Waals surface area contributed by atoms with E-state index in [1.807, 2.05) is 12.1 Å². The van der Waals surface area contributed by atoms with Crippen LogP contribution in [0.25, 0.3) is 11.1 Å². The lowest BCUT2D eigenvalue weighted by Gasteiger charge is -2.15. The van der Waals surface area contributed by atoms with Gasteiger partial charge in [-0.05, 0) is 22.3 Å². The fraction of sp³-hybridized carbons (Fsp3) is 0.500. The SMILES string of the molecule is c1ccc2c(c1)COCCOCCOCCOCCOCCOCc1ccccc1-2. The Labute approximate surface area is 179 Å².